The molecule has 140 valence electrons. The number of fused-ring (bicyclic) bond motifs is 3. The lowest BCUT2D eigenvalue weighted by Gasteiger charge is -2.10. The van der Waals surface area contributed by atoms with Crippen LogP contribution in [0.3, 0.4) is 0 Å². The van der Waals surface area contributed by atoms with Crippen LogP contribution in [-0.2, 0) is 10.3 Å². The van der Waals surface area contributed by atoms with Crippen molar-refractivity contribution in [3.05, 3.63) is 46.6 Å². The van der Waals surface area contributed by atoms with Crippen LogP contribution in [0.4, 0.5) is 4.39 Å². The Labute approximate surface area is 157 Å². The molecule has 0 bridgehead atoms. The van der Waals surface area contributed by atoms with E-state index in [2.05, 4.69) is 15.1 Å². The van der Waals surface area contributed by atoms with Crippen LogP contribution in [0.5, 0.6) is 0 Å². The molecule has 5 rings (SSSR count). The van der Waals surface area contributed by atoms with Gasteiger partial charge < -0.3 is 14.5 Å². The summed E-state index contributed by atoms with van der Waals surface area (Å²) < 4.78 is 27.0. The van der Waals surface area contributed by atoms with E-state index in [-0.39, 0.29) is 22.6 Å². The van der Waals surface area contributed by atoms with Crippen molar-refractivity contribution in [1.82, 2.24) is 19.5 Å². The quantitative estimate of drug-likeness (QED) is 0.395. The molecule has 10 heteroatoms. The first-order chi connectivity index (χ1) is 13.5. The van der Waals surface area contributed by atoms with Crippen molar-refractivity contribution in [2.24, 2.45) is 0 Å². The van der Waals surface area contributed by atoms with Gasteiger partial charge in [0.05, 0.1) is 0 Å². The maximum absolute atomic E-state index is 14.0. The molecule has 3 heterocycles. The molecule has 0 unspecified atom stereocenters. The maximum atomic E-state index is 14.0. The Hall–Kier alpha value is -3.58. The lowest BCUT2D eigenvalue weighted by Crippen LogP contribution is -2.33. The van der Waals surface area contributed by atoms with Crippen LogP contribution in [0.1, 0.15) is 30.0 Å². The Bertz CT molecular complexity index is 1310. The second kappa shape index (κ2) is 5.46. The van der Waals surface area contributed by atoms with Crippen LogP contribution in [0.2, 0.25) is 0 Å². The van der Waals surface area contributed by atoms with Crippen molar-refractivity contribution in [2.45, 2.75) is 25.4 Å². The van der Waals surface area contributed by atoms with Crippen molar-refractivity contribution in [3.63, 3.8) is 0 Å². The summed E-state index contributed by atoms with van der Waals surface area (Å²) in [5, 5.41) is 26.1. The molecule has 0 spiro atoms. The average molecular weight is 380 g/mol. The summed E-state index contributed by atoms with van der Waals surface area (Å²) >= 11 is 0. The fraction of sp³-hybridized carbons (Fsp3) is 0.278. The molecule has 1 aromatic carbocycles. The zero-order valence-electron chi connectivity index (χ0n) is 14.9. The van der Waals surface area contributed by atoms with Gasteiger partial charge in [0.1, 0.15) is 40.5 Å². The monoisotopic (exact) mass is 380 g/mol. The minimum absolute atomic E-state index is 0.0541. The second-order valence-electron chi connectivity index (χ2n) is 6.72. The van der Waals surface area contributed by atoms with Gasteiger partial charge in [-0.2, -0.15) is 15.0 Å². The summed E-state index contributed by atoms with van der Waals surface area (Å²) in [5.74, 6) is -0.157. The van der Waals surface area contributed by atoms with Crippen LogP contribution < -0.4 is 4.73 Å². The second-order valence-corrected chi connectivity index (χ2v) is 6.72. The van der Waals surface area contributed by atoms with E-state index < -0.39 is 11.4 Å². The topological polar surface area (TPSA) is 116 Å². The molecule has 3 aromatic heterocycles. The number of nitriles is 1. The lowest BCUT2D eigenvalue weighted by atomic mass is 10.1. The van der Waals surface area contributed by atoms with Gasteiger partial charge in [0.2, 0.25) is 11.5 Å². The van der Waals surface area contributed by atoms with Gasteiger partial charge in [0.25, 0.3) is 11.4 Å². The third kappa shape index (κ3) is 2.02. The Morgan fingerprint density at radius 1 is 1.43 bits per heavy atom. The smallest absolute Gasteiger partial charge is 0.262 e. The predicted molar refractivity (Wildman–Crippen MR) is 92.3 cm³/mol. The van der Waals surface area contributed by atoms with Crippen molar-refractivity contribution < 1.29 is 18.4 Å². The van der Waals surface area contributed by atoms with Crippen molar-refractivity contribution in [1.29, 1.82) is 5.26 Å². The number of hydrogen-bond acceptors (Lipinski definition) is 7. The Balaban J connectivity index is 1.79. The summed E-state index contributed by atoms with van der Waals surface area (Å²) in [6.07, 6.45) is 3.07. The fourth-order valence-corrected chi connectivity index (χ4v) is 3.49. The van der Waals surface area contributed by atoms with Gasteiger partial charge in [-0.05, 0) is 25.0 Å². The molecule has 0 aliphatic heterocycles. The molecular formula is C18H13FN6O3. The van der Waals surface area contributed by atoms with Crippen LogP contribution in [0.25, 0.3) is 28.1 Å². The van der Waals surface area contributed by atoms with E-state index in [0.29, 0.717) is 27.3 Å². The molecule has 9 nitrogen and oxygen atoms in total. The first-order valence-electron chi connectivity index (χ1n) is 8.52. The third-order valence-electron chi connectivity index (χ3n) is 5.22. The minimum Gasteiger partial charge on any atom is -0.618 e. The van der Waals surface area contributed by atoms with Gasteiger partial charge in [-0.3, -0.25) is 4.40 Å². The summed E-state index contributed by atoms with van der Waals surface area (Å²) in [7, 11) is 1.59. The minimum atomic E-state index is -0.754. The normalized spacial score (nSPS) is 15.2. The SMILES string of the molecule is COC1(c2nc(-c3ncn4c3c(C)[n+]([O-])c3c(C#N)c(F)ccc34)no2)CC1. The van der Waals surface area contributed by atoms with Gasteiger partial charge in [0, 0.05) is 14.0 Å². The maximum Gasteiger partial charge on any atom is 0.262 e. The highest BCUT2D eigenvalue weighted by atomic mass is 19.1. The number of ether oxygens (including phenoxy) is 1. The molecule has 0 atom stereocenters. The molecule has 28 heavy (non-hydrogen) atoms. The predicted octanol–water partition coefficient (Wildman–Crippen LogP) is 2.13. The number of aryl methyl sites for hydroxylation is 1. The largest absolute Gasteiger partial charge is 0.618 e. The summed E-state index contributed by atoms with van der Waals surface area (Å²) in [6.45, 7) is 1.57. The molecule has 0 saturated heterocycles. The molecule has 1 aliphatic rings. The molecule has 0 N–H and O–H groups in total. The zero-order valence-corrected chi connectivity index (χ0v) is 14.9. The Morgan fingerprint density at radius 2 is 2.21 bits per heavy atom. The number of methoxy groups -OCH3 is 1. The average Bonchev–Trinajstić information content (AvgIpc) is 3.13. The first-order valence-corrected chi connectivity index (χ1v) is 8.52. The summed E-state index contributed by atoms with van der Waals surface area (Å²) in [6, 6.07) is 4.34. The number of aromatic nitrogens is 5. The number of halogens is 1. The van der Waals surface area contributed by atoms with E-state index in [9.17, 15) is 14.9 Å². The Morgan fingerprint density at radius 3 is 2.89 bits per heavy atom. The van der Waals surface area contributed by atoms with E-state index in [1.165, 1.54) is 12.4 Å². The molecule has 0 amide bonds. The van der Waals surface area contributed by atoms with Crippen molar-refractivity contribution >= 4 is 16.6 Å². The highest BCUT2D eigenvalue weighted by molar-refractivity contribution is 5.85. The molecule has 1 saturated carbocycles. The van der Waals surface area contributed by atoms with Crippen LogP contribution >= 0.6 is 0 Å². The highest BCUT2D eigenvalue weighted by Gasteiger charge is 2.50. The highest BCUT2D eigenvalue weighted by Crippen LogP contribution is 2.48. The number of hydrogen-bond donors (Lipinski definition) is 0. The third-order valence-corrected chi connectivity index (χ3v) is 5.22. The van der Waals surface area contributed by atoms with E-state index >= 15 is 0 Å². The van der Waals surface area contributed by atoms with Crippen LogP contribution in [0, 0.1) is 29.3 Å². The van der Waals surface area contributed by atoms with E-state index in [0.717, 1.165) is 18.9 Å². The summed E-state index contributed by atoms with van der Waals surface area (Å²) in [4.78, 5) is 8.75. The number of rotatable bonds is 3. The summed E-state index contributed by atoms with van der Waals surface area (Å²) in [5.41, 5.74) is 0.487. The standard InChI is InChI=1S/C18H13FN6O3/c1-9-14-13(16-22-17(28-23-16)18(27-2)5-6-18)21-8-24(14)12-4-3-11(19)10(7-20)15(12)25(9)26/h3-4,8H,5-6H2,1-2H3. The molecule has 4 aromatic rings. The van der Waals surface area contributed by atoms with E-state index in [4.69, 9.17) is 9.26 Å². The molecule has 1 aliphatic carbocycles. The van der Waals surface area contributed by atoms with Crippen LogP contribution in [-0.4, -0.2) is 26.6 Å². The van der Waals surface area contributed by atoms with Gasteiger partial charge in [-0.1, -0.05) is 5.16 Å². The van der Waals surface area contributed by atoms with Gasteiger partial charge in [0.15, 0.2) is 5.56 Å². The Kier molecular flexibility index (Phi) is 3.24. The van der Waals surface area contributed by atoms with Gasteiger partial charge >= 0.3 is 0 Å². The number of benzene rings is 1. The van der Waals surface area contributed by atoms with E-state index in [1.54, 1.807) is 24.5 Å². The first kappa shape index (κ1) is 16.6. The molecule has 0 radical (unpaired) electrons. The number of nitrogens with zero attached hydrogens (tertiary/aromatic N) is 6. The van der Waals surface area contributed by atoms with E-state index in [1.807, 2.05) is 0 Å². The number of imidazole rings is 1. The molecule has 1 fully saturated rings. The zero-order chi connectivity index (χ0) is 19.6. The van der Waals surface area contributed by atoms with Crippen LogP contribution in [0.15, 0.2) is 23.0 Å². The van der Waals surface area contributed by atoms with Gasteiger partial charge in [-0.15, -0.1) is 0 Å². The van der Waals surface area contributed by atoms with Crippen molar-refractivity contribution in [3.8, 4) is 17.6 Å². The molecular weight excluding hydrogens is 367 g/mol. The van der Waals surface area contributed by atoms with Crippen molar-refractivity contribution in [2.75, 3.05) is 7.11 Å². The van der Waals surface area contributed by atoms with Gasteiger partial charge in [-0.25, -0.2) is 9.37 Å². The fourth-order valence-electron chi connectivity index (χ4n) is 3.49. The lowest BCUT2D eigenvalue weighted by molar-refractivity contribution is -0.583.